The zero-order chi connectivity index (χ0) is 19.1. The third kappa shape index (κ3) is 6.40. The summed E-state index contributed by atoms with van der Waals surface area (Å²) in [6, 6.07) is 10.3. The zero-order valence-corrected chi connectivity index (χ0v) is 16.8. The first-order chi connectivity index (χ1) is 12.3. The van der Waals surface area contributed by atoms with Crippen molar-refractivity contribution >= 4 is 45.2 Å². The molecule has 0 aliphatic rings. The van der Waals surface area contributed by atoms with Crippen LogP contribution < -0.4 is 10.6 Å². The Morgan fingerprint density at radius 2 is 1.92 bits per heavy atom. The fraction of sp³-hybridized carbons (Fsp3) is 0.278. The van der Waals surface area contributed by atoms with Crippen LogP contribution in [-0.4, -0.2) is 41.3 Å². The highest BCUT2D eigenvalue weighted by Crippen LogP contribution is 2.11. The highest BCUT2D eigenvalue weighted by atomic mass is 79.9. The molecule has 1 aromatic heterocycles. The summed E-state index contributed by atoms with van der Waals surface area (Å²) in [6.07, 6.45) is 1.60. The van der Waals surface area contributed by atoms with Gasteiger partial charge in [-0.3, -0.25) is 14.5 Å². The van der Waals surface area contributed by atoms with Crippen molar-refractivity contribution in [1.82, 2.24) is 15.2 Å². The SMILES string of the molecule is CC(C(=O)NCc1ccc(Cl)cc1)N(C)CC(=O)Nc1ccc(Br)cn1. The van der Waals surface area contributed by atoms with Crippen molar-refractivity contribution in [3.63, 3.8) is 0 Å². The maximum atomic E-state index is 12.3. The molecule has 0 fully saturated rings. The molecule has 0 saturated carbocycles. The van der Waals surface area contributed by atoms with Crippen molar-refractivity contribution in [2.75, 3.05) is 18.9 Å². The van der Waals surface area contributed by atoms with Crippen LogP contribution in [0.2, 0.25) is 5.02 Å². The summed E-state index contributed by atoms with van der Waals surface area (Å²) < 4.78 is 0.832. The second-order valence-electron chi connectivity index (χ2n) is 5.85. The number of hydrogen-bond acceptors (Lipinski definition) is 4. The van der Waals surface area contributed by atoms with E-state index in [0.29, 0.717) is 17.4 Å². The van der Waals surface area contributed by atoms with Crippen LogP contribution in [0.3, 0.4) is 0 Å². The topological polar surface area (TPSA) is 74.3 Å². The Morgan fingerprint density at radius 3 is 2.54 bits per heavy atom. The number of carbonyl (C=O) groups is 2. The number of nitrogens with one attached hydrogen (secondary N) is 2. The van der Waals surface area contributed by atoms with Crippen molar-refractivity contribution < 1.29 is 9.59 Å². The van der Waals surface area contributed by atoms with Crippen LogP contribution in [-0.2, 0) is 16.1 Å². The highest BCUT2D eigenvalue weighted by Gasteiger charge is 2.20. The van der Waals surface area contributed by atoms with Crippen LogP contribution in [0.25, 0.3) is 0 Å². The normalized spacial score (nSPS) is 11.9. The first-order valence-electron chi connectivity index (χ1n) is 7.99. The van der Waals surface area contributed by atoms with Gasteiger partial charge in [-0.2, -0.15) is 0 Å². The number of amides is 2. The average molecular weight is 440 g/mol. The van der Waals surface area contributed by atoms with Gasteiger partial charge >= 0.3 is 0 Å². The Kier molecular flexibility index (Phi) is 7.56. The van der Waals surface area contributed by atoms with Crippen LogP contribution in [0.4, 0.5) is 5.82 Å². The molecule has 138 valence electrons. The third-order valence-corrected chi connectivity index (χ3v) is 4.53. The second-order valence-corrected chi connectivity index (χ2v) is 7.20. The zero-order valence-electron chi connectivity index (χ0n) is 14.5. The summed E-state index contributed by atoms with van der Waals surface area (Å²) in [5, 5.41) is 6.21. The Balaban J connectivity index is 1.80. The number of rotatable bonds is 7. The fourth-order valence-corrected chi connectivity index (χ4v) is 2.50. The lowest BCUT2D eigenvalue weighted by molar-refractivity contribution is -0.126. The monoisotopic (exact) mass is 438 g/mol. The molecular formula is C18H20BrClN4O2. The molecule has 8 heteroatoms. The standard InChI is InChI=1S/C18H20BrClN4O2/c1-12(18(26)22-9-13-3-6-15(20)7-4-13)24(2)11-17(25)23-16-8-5-14(19)10-21-16/h3-8,10,12H,9,11H2,1-2H3,(H,22,26)(H,21,23,25). The molecule has 0 saturated heterocycles. The van der Waals surface area contributed by atoms with E-state index in [2.05, 4.69) is 31.5 Å². The first kappa shape index (κ1) is 20.4. The molecule has 1 unspecified atom stereocenters. The summed E-state index contributed by atoms with van der Waals surface area (Å²) >= 11 is 9.13. The van der Waals surface area contributed by atoms with Crippen molar-refractivity contribution in [3.8, 4) is 0 Å². The molecular weight excluding hydrogens is 420 g/mol. The van der Waals surface area contributed by atoms with E-state index < -0.39 is 6.04 Å². The summed E-state index contributed by atoms with van der Waals surface area (Å²) in [5.41, 5.74) is 0.955. The number of aromatic nitrogens is 1. The van der Waals surface area contributed by atoms with Crippen LogP contribution >= 0.6 is 27.5 Å². The van der Waals surface area contributed by atoms with E-state index in [-0.39, 0.29) is 18.4 Å². The van der Waals surface area contributed by atoms with Gasteiger partial charge in [0.25, 0.3) is 0 Å². The van der Waals surface area contributed by atoms with Crippen LogP contribution in [0.15, 0.2) is 47.1 Å². The quantitative estimate of drug-likeness (QED) is 0.695. The Bertz CT molecular complexity index is 753. The van der Waals surface area contributed by atoms with Gasteiger partial charge in [0.05, 0.1) is 12.6 Å². The molecule has 2 aromatic rings. The molecule has 26 heavy (non-hydrogen) atoms. The van der Waals surface area contributed by atoms with Gasteiger partial charge in [-0.25, -0.2) is 4.98 Å². The van der Waals surface area contributed by atoms with E-state index in [1.807, 2.05) is 12.1 Å². The summed E-state index contributed by atoms with van der Waals surface area (Å²) in [7, 11) is 1.72. The number of carbonyl (C=O) groups excluding carboxylic acids is 2. The molecule has 0 aliphatic carbocycles. The summed E-state index contributed by atoms with van der Waals surface area (Å²) in [6.45, 7) is 2.23. The Labute approximate surface area is 166 Å². The molecule has 0 aliphatic heterocycles. The molecule has 2 amide bonds. The minimum atomic E-state index is -0.453. The smallest absolute Gasteiger partial charge is 0.239 e. The number of likely N-dealkylation sites (N-methyl/N-ethyl adjacent to an activating group) is 1. The van der Waals surface area contributed by atoms with E-state index in [1.165, 1.54) is 0 Å². The lowest BCUT2D eigenvalue weighted by Gasteiger charge is -2.23. The second kappa shape index (κ2) is 9.66. The number of anilines is 1. The maximum absolute atomic E-state index is 12.3. The van der Waals surface area contributed by atoms with Gasteiger partial charge in [0, 0.05) is 22.2 Å². The van der Waals surface area contributed by atoms with Crippen molar-refractivity contribution in [1.29, 1.82) is 0 Å². The van der Waals surface area contributed by atoms with Gasteiger partial charge in [0.15, 0.2) is 0 Å². The largest absolute Gasteiger partial charge is 0.351 e. The van der Waals surface area contributed by atoms with E-state index in [9.17, 15) is 9.59 Å². The maximum Gasteiger partial charge on any atom is 0.239 e. The molecule has 2 rings (SSSR count). The van der Waals surface area contributed by atoms with Gasteiger partial charge in [0.2, 0.25) is 11.8 Å². The molecule has 6 nitrogen and oxygen atoms in total. The number of halogens is 2. The number of pyridine rings is 1. The summed E-state index contributed by atoms with van der Waals surface area (Å²) in [5.74, 6) is 0.0723. The Hall–Kier alpha value is -1.96. The molecule has 2 N–H and O–H groups in total. The molecule has 0 bridgehead atoms. The van der Waals surface area contributed by atoms with Gasteiger partial charge in [-0.15, -0.1) is 0 Å². The van der Waals surface area contributed by atoms with Crippen LogP contribution in [0, 0.1) is 0 Å². The van der Waals surface area contributed by atoms with Gasteiger partial charge in [-0.1, -0.05) is 23.7 Å². The van der Waals surface area contributed by atoms with Crippen molar-refractivity contribution in [3.05, 3.63) is 57.7 Å². The van der Waals surface area contributed by atoms with Crippen molar-refractivity contribution in [2.45, 2.75) is 19.5 Å². The minimum absolute atomic E-state index is 0.0767. The van der Waals surface area contributed by atoms with E-state index in [0.717, 1.165) is 10.0 Å². The fourth-order valence-electron chi connectivity index (χ4n) is 2.13. The van der Waals surface area contributed by atoms with Gasteiger partial charge in [0.1, 0.15) is 5.82 Å². The molecule has 0 radical (unpaired) electrons. The molecule has 1 atom stereocenters. The molecule has 1 heterocycles. The number of benzene rings is 1. The molecule has 0 spiro atoms. The third-order valence-electron chi connectivity index (χ3n) is 3.81. The average Bonchev–Trinajstić information content (AvgIpc) is 2.62. The van der Waals surface area contributed by atoms with Crippen molar-refractivity contribution in [2.24, 2.45) is 0 Å². The number of hydrogen-bond donors (Lipinski definition) is 2. The minimum Gasteiger partial charge on any atom is -0.351 e. The van der Waals surface area contributed by atoms with Gasteiger partial charge < -0.3 is 10.6 Å². The summed E-state index contributed by atoms with van der Waals surface area (Å²) in [4.78, 5) is 30.1. The first-order valence-corrected chi connectivity index (χ1v) is 9.16. The van der Waals surface area contributed by atoms with Gasteiger partial charge in [-0.05, 0) is 59.7 Å². The number of nitrogens with zero attached hydrogens (tertiary/aromatic N) is 2. The lowest BCUT2D eigenvalue weighted by atomic mass is 10.2. The van der Waals surface area contributed by atoms with E-state index in [1.54, 1.807) is 49.3 Å². The van der Waals surface area contributed by atoms with E-state index in [4.69, 9.17) is 11.6 Å². The molecule has 1 aromatic carbocycles. The Morgan fingerprint density at radius 1 is 1.23 bits per heavy atom. The van der Waals surface area contributed by atoms with Crippen LogP contribution in [0.5, 0.6) is 0 Å². The van der Waals surface area contributed by atoms with Crippen LogP contribution in [0.1, 0.15) is 12.5 Å². The lowest BCUT2D eigenvalue weighted by Crippen LogP contribution is -2.45. The van der Waals surface area contributed by atoms with E-state index >= 15 is 0 Å². The predicted molar refractivity (Wildman–Crippen MR) is 106 cm³/mol. The predicted octanol–water partition coefficient (Wildman–Crippen LogP) is 3.07. The highest BCUT2D eigenvalue weighted by molar-refractivity contribution is 9.10.